The SMILES string of the molecule is CC1CCC(C(=O)Nc2cccc(NC=O)c2)(C(C)C)CC1. The molecule has 1 fully saturated rings. The van der Waals surface area contributed by atoms with Gasteiger partial charge in [-0.15, -0.1) is 0 Å². The summed E-state index contributed by atoms with van der Waals surface area (Å²) in [6, 6.07) is 7.26. The van der Waals surface area contributed by atoms with Gasteiger partial charge in [-0.3, -0.25) is 9.59 Å². The first kappa shape index (κ1) is 16.5. The lowest BCUT2D eigenvalue weighted by molar-refractivity contribution is -0.131. The van der Waals surface area contributed by atoms with E-state index < -0.39 is 0 Å². The van der Waals surface area contributed by atoms with Gasteiger partial charge in [0.2, 0.25) is 12.3 Å². The Balaban J connectivity index is 2.15. The average Bonchev–Trinajstić information content (AvgIpc) is 2.48. The van der Waals surface area contributed by atoms with Crippen molar-refractivity contribution in [1.29, 1.82) is 0 Å². The molecule has 1 aromatic carbocycles. The normalized spacial score (nSPS) is 24.8. The molecule has 2 rings (SSSR count). The summed E-state index contributed by atoms with van der Waals surface area (Å²) in [6.07, 6.45) is 4.75. The predicted octanol–water partition coefficient (Wildman–Crippen LogP) is 4.05. The zero-order valence-corrected chi connectivity index (χ0v) is 13.7. The van der Waals surface area contributed by atoms with Crippen LogP contribution in [0, 0.1) is 17.3 Å². The van der Waals surface area contributed by atoms with Crippen molar-refractivity contribution in [2.24, 2.45) is 17.3 Å². The van der Waals surface area contributed by atoms with Crippen molar-refractivity contribution in [2.75, 3.05) is 10.6 Å². The van der Waals surface area contributed by atoms with E-state index in [4.69, 9.17) is 0 Å². The second kappa shape index (κ2) is 6.95. The molecule has 120 valence electrons. The Hall–Kier alpha value is -1.84. The number of carbonyl (C=O) groups is 2. The van der Waals surface area contributed by atoms with E-state index in [1.165, 1.54) is 0 Å². The van der Waals surface area contributed by atoms with E-state index >= 15 is 0 Å². The van der Waals surface area contributed by atoms with Gasteiger partial charge in [-0.25, -0.2) is 0 Å². The maximum Gasteiger partial charge on any atom is 0.230 e. The van der Waals surface area contributed by atoms with Gasteiger partial charge in [-0.2, -0.15) is 0 Å². The largest absolute Gasteiger partial charge is 0.329 e. The molecular weight excluding hydrogens is 276 g/mol. The van der Waals surface area contributed by atoms with Gasteiger partial charge in [0.1, 0.15) is 0 Å². The molecule has 4 heteroatoms. The number of carbonyl (C=O) groups excluding carboxylic acids is 2. The van der Waals surface area contributed by atoms with Crippen molar-refractivity contribution in [2.45, 2.75) is 46.5 Å². The Morgan fingerprint density at radius 1 is 1.27 bits per heavy atom. The predicted molar refractivity (Wildman–Crippen MR) is 89.7 cm³/mol. The van der Waals surface area contributed by atoms with Crippen molar-refractivity contribution in [3.05, 3.63) is 24.3 Å². The molecule has 2 amide bonds. The van der Waals surface area contributed by atoms with E-state index in [2.05, 4.69) is 31.4 Å². The van der Waals surface area contributed by atoms with Gasteiger partial charge in [-0.1, -0.05) is 26.8 Å². The molecule has 0 atom stereocenters. The molecule has 0 aromatic heterocycles. The Labute approximate surface area is 132 Å². The van der Waals surface area contributed by atoms with Crippen LogP contribution in [-0.2, 0) is 9.59 Å². The maximum atomic E-state index is 12.9. The Morgan fingerprint density at radius 2 is 1.91 bits per heavy atom. The molecule has 0 spiro atoms. The Kier molecular flexibility index (Phi) is 5.22. The van der Waals surface area contributed by atoms with E-state index in [9.17, 15) is 9.59 Å². The van der Waals surface area contributed by atoms with E-state index in [1.807, 2.05) is 12.1 Å². The second-order valence-corrected chi connectivity index (χ2v) is 6.79. The summed E-state index contributed by atoms with van der Waals surface area (Å²) in [4.78, 5) is 23.4. The number of rotatable bonds is 5. The van der Waals surface area contributed by atoms with Gasteiger partial charge in [-0.05, 0) is 55.7 Å². The standard InChI is InChI=1S/C18H26N2O2/c1-13(2)18(9-7-14(3)8-10-18)17(22)20-16-6-4-5-15(11-16)19-12-21/h4-6,11-14H,7-10H2,1-3H3,(H,19,21)(H,20,22). The minimum absolute atomic E-state index is 0.109. The summed E-state index contributed by atoms with van der Waals surface area (Å²) in [5.74, 6) is 1.13. The Morgan fingerprint density at radius 3 is 2.50 bits per heavy atom. The van der Waals surface area contributed by atoms with E-state index in [-0.39, 0.29) is 11.3 Å². The molecule has 1 aromatic rings. The minimum atomic E-state index is -0.277. The molecule has 22 heavy (non-hydrogen) atoms. The summed E-state index contributed by atoms with van der Waals surface area (Å²) in [7, 11) is 0. The number of hydrogen-bond acceptors (Lipinski definition) is 2. The van der Waals surface area contributed by atoms with Crippen LogP contribution in [0.15, 0.2) is 24.3 Å². The van der Waals surface area contributed by atoms with Crippen LogP contribution in [-0.4, -0.2) is 12.3 Å². The number of benzene rings is 1. The molecule has 0 aliphatic heterocycles. The van der Waals surface area contributed by atoms with E-state index in [1.54, 1.807) is 12.1 Å². The topological polar surface area (TPSA) is 58.2 Å². The first-order valence-corrected chi connectivity index (χ1v) is 8.09. The van der Waals surface area contributed by atoms with Crippen molar-refractivity contribution >= 4 is 23.7 Å². The highest BCUT2D eigenvalue weighted by Crippen LogP contribution is 2.45. The molecule has 1 aliphatic carbocycles. The molecule has 2 N–H and O–H groups in total. The Bertz CT molecular complexity index is 532. The van der Waals surface area contributed by atoms with Crippen LogP contribution < -0.4 is 10.6 Å². The van der Waals surface area contributed by atoms with Crippen LogP contribution in [0.3, 0.4) is 0 Å². The number of amides is 2. The van der Waals surface area contributed by atoms with Crippen LogP contribution in [0.5, 0.6) is 0 Å². The zero-order valence-electron chi connectivity index (χ0n) is 13.7. The second-order valence-electron chi connectivity index (χ2n) is 6.79. The average molecular weight is 302 g/mol. The smallest absolute Gasteiger partial charge is 0.230 e. The van der Waals surface area contributed by atoms with E-state index in [0.29, 0.717) is 23.9 Å². The fourth-order valence-corrected chi connectivity index (χ4v) is 3.35. The quantitative estimate of drug-likeness (QED) is 0.806. The first-order valence-electron chi connectivity index (χ1n) is 8.09. The number of hydrogen-bond donors (Lipinski definition) is 2. The van der Waals surface area contributed by atoms with Crippen LogP contribution in [0.25, 0.3) is 0 Å². The van der Waals surface area contributed by atoms with Crippen molar-refractivity contribution in [3.63, 3.8) is 0 Å². The molecule has 1 aliphatic rings. The number of nitrogens with one attached hydrogen (secondary N) is 2. The summed E-state index contributed by atoms with van der Waals surface area (Å²) in [5.41, 5.74) is 1.14. The highest BCUT2D eigenvalue weighted by atomic mass is 16.2. The molecule has 0 unspecified atom stereocenters. The van der Waals surface area contributed by atoms with Crippen LogP contribution >= 0.6 is 0 Å². The lowest BCUT2D eigenvalue weighted by Gasteiger charge is -2.41. The van der Waals surface area contributed by atoms with Crippen LogP contribution in [0.2, 0.25) is 0 Å². The fraction of sp³-hybridized carbons (Fsp3) is 0.556. The van der Waals surface area contributed by atoms with Crippen LogP contribution in [0.1, 0.15) is 46.5 Å². The summed E-state index contributed by atoms with van der Waals surface area (Å²) >= 11 is 0. The molecule has 0 radical (unpaired) electrons. The van der Waals surface area contributed by atoms with Gasteiger partial charge in [0.05, 0.1) is 5.41 Å². The molecule has 0 heterocycles. The summed E-state index contributed by atoms with van der Waals surface area (Å²) in [5, 5.41) is 5.66. The molecule has 0 bridgehead atoms. The van der Waals surface area contributed by atoms with Gasteiger partial charge in [0, 0.05) is 11.4 Å². The lowest BCUT2D eigenvalue weighted by atomic mass is 9.64. The monoisotopic (exact) mass is 302 g/mol. The summed E-state index contributed by atoms with van der Waals surface area (Å²) in [6.45, 7) is 6.54. The molecule has 4 nitrogen and oxygen atoms in total. The van der Waals surface area contributed by atoms with E-state index in [0.717, 1.165) is 31.4 Å². The lowest BCUT2D eigenvalue weighted by Crippen LogP contribution is -2.43. The third-order valence-corrected chi connectivity index (χ3v) is 5.07. The van der Waals surface area contributed by atoms with Crippen molar-refractivity contribution < 1.29 is 9.59 Å². The minimum Gasteiger partial charge on any atom is -0.329 e. The third kappa shape index (κ3) is 3.49. The molecule has 1 saturated carbocycles. The third-order valence-electron chi connectivity index (χ3n) is 5.07. The maximum absolute atomic E-state index is 12.9. The first-order chi connectivity index (χ1) is 10.5. The van der Waals surface area contributed by atoms with Crippen molar-refractivity contribution in [3.8, 4) is 0 Å². The highest BCUT2D eigenvalue weighted by Gasteiger charge is 2.43. The van der Waals surface area contributed by atoms with Crippen LogP contribution in [0.4, 0.5) is 11.4 Å². The fourth-order valence-electron chi connectivity index (χ4n) is 3.35. The summed E-state index contributed by atoms with van der Waals surface area (Å²) < 4.78 is 0. The number of anilines is 2. The van der Waals surface area contributed by atoms with Gasteiger partial charge < -0.3 is 10.6 Å². The highest BCUT2D eigenvalue weighted by molar-refractivity contribution is 5.96. The zero-order chi connectivity index (χ0) is 16.2. The van der Waals surface area contributed by atoms with Crippen molar-refractivity contribution in [1.82, 2.24) is 0 Å². The van der Waals surface area contributed by atoms with Gasteiger partial charge >= 0.3 is 0 Å². The molecular formula is C18H26N2O2. The van der Waals surface area contributed by atoms with Gasteiger partial charge in [0.15, 0.2) is 0 Å². The van der Waals surface area contributed by atoms with Gasteiger partial charge in [0.25, 0.3) is 0 Å². The molecule has 0 saturated heterocycles.